The average Bonchev–Trinajstić information content (AvgIpc) is 2.45. The summed E-state index contributed by atoms with van der Waals surface area (Å²) in [7, 11) is 3.63. The van der Waals surface area contributed by atoms with Gasteiger partial charge in [0.15, 0.2) is 0 Å². The second kappa shape index (κ2) is 5.90. The number of hydrazine groups is 1. The van der Waals surface area contributed by atoms with Crippen LogP contribution in [0.2, 0.25) is 0 Å². The molecule has 0 aromatic heterocycles. The van der Waals surface area contributed by atoms with Crippen LogP contribution in [-0.4, -0.2) is 45.8 Å². The van der Waals surface area contributed by atoms with Gasteiger partial charge in [-0.3, -0.25) is 10.2 Å². The summed E-state index contributed by atoms with van der Waals surface area (Å²) >= 11 is 0. The second-order valence-corrected chi connectivity index (χ2v) is 4.58. The Hall–Kier alpha value is -1.79. The lowest BCUT2D eigenvalue weighted by Crippen LogP contribution is -2.55. The van der Waals surface area contributed by atoms with E-state index in [1.807, 2.05) is 36.2 Å². The number of carbonyl (C=O) groups excluding carboxylic acids is 1. The molecule has 0 saturated carbocycles. The van der Waals surface area contributed by atoms with Gasteiger partial charge in [-0.1, -0.05) is 12.1 Å². The van der Waals surface area contributed by atoms with E-state index < -0.39 is 6.04 Å². The zero-order valence-electron chi connectivity index (χ0n) is 11.3. The average molecular weight is 264 g/mol. The molecular formula is C13H20N4O2. The van der Waals surface area contributed by atoms with Crippen LogP contribution in [-0.2, 0) is 9.53 Å². The topological polar surface area (TPSA) is 70.8 Å². The van der Waals surface area contributed by atoms with Gasteiger partial charge >= 0.3 is 0 Å². The minimum Gasteiger partial charge on any atom is -0.382 e. The third-order valence-electron chi connectivity index (χ3n) is 3.42. The van der Waals surface area contributed by atoms with E-state index in [4.69, 9.17) is 10.6 Å². The maximum atomic E-state index is 11.9. The van der Waals surface area contributed by atoms with Crippen molar-refractivity contribution >= 4 is 17.3 Å². The summed E-state index contributed by atoms with van der Waals surface area (Å²) in [4.78, 5) is 16.1. The van der Waals surface area contributed by atoms with Crippen LogP contribution in [0, 0.1) is 0 Å². The highest BCUT2D eigenvalue weighted by Gasteiger charge is 2.30. The summed E-state index contributed by atoms with van der Waals surface area (Å²) in [6.07, 6.45) is 0. The van der Waals surface area contributed by atoms with Crippen molar-refractivity contribution in [1.29, 1.82) is 0 Å². The number of carbonyl (C=O) groups is 1. The van der Waals surface area contributed by atoms with E-state index in [-0.39, 0.29) is 5.91 Å². The van der Waals surface area contributed by atoms with Crippen LogP contribution in [0.4, 0.5) is 11.4 Å². The molecule has 0 saturated heterocycles. The molecule has 1 unspecified atom stereocenters. The number of nitrogens with one attached hydrogen (secondary N) is 1. The minimum absolute atomic E-state index is 0.235. The number of ether oxygens (including phenoxy) is 1. The van der Waals surface area contributed by atoms with E-state index in [1.165, 1.54) is 0 Å². The first-order valence-corrected chi connectivity index (χ1v) is 6.25. The zero-order valence-corrected chi connectivity index (χ0v) is 11.3. The summed E-state index contributed by atoms with van der Waals surface area (Å²) in [6.45, 7) is 1.92. The molecule has 6 nitrogen and oxygen atoms in total. The third-order valence-corrected chi connectivity index (χ3v) is 3.42. The Kier molecular flexibility index (Phi) is 4.24. The van der Waals surface area contributed by atoms with Crippen molar-refractivity contribution < 1.29 is 9.53 Å². The molecule has 104 valence electrons. The number of anilines is 2. The fourth-order valence-corrected chi connectivity index (χ4v) is 2.41. The van der Waals surface area contributed by atoms with Crippen molar-refractivity contribution in [3.63, 3.8) is 0 Å². The van der Waals surface area contributed by atoms with Gasteiger partial charge in [0.2, 0.25) is 0 Å². The number of benzene rings is 1. The SMILES string of the molecule is COCC(C(=O)NN)N1CCN(C)c2ccccc21. The molecule has 0 bridgehead atoms. The Labute approximate surface area is 113 Å². The molecule has 1 aliphatic rings. The molecule has 0 aliphatic carbocycles. The van der Waals surface area contributed by atoms with E-state index in [0.29, 0.717) is 6.61 Å². The van der Waals surface area contributed by atoms with Crippen LogP contribution in [0.1, 0.15) is 0 Å². The van der Waals surface area contributed by atoms with Gasteiger partial charge in [-0.05, 0) is 12.1 Å². The van der Waals surface area contributed by atoms with Gasteiger partial charge in [0.1, 0.15) is 6.04 Å². The molecule has 6 heteroatoms. The van der Waals surface area contributed by atoms with Gasteiger partial charge in [0, 0.05) is 27.2 Å². The van der Waals surface area contributed by atoms with Gasteiger partial charge in [-0.25, -0.2) is 5.84 Å². The van der Waals surface area contributed by atoms with E-state index in [9.17, 15) is 4.79 Å². The van der Waals surface area contributed by atoms with Gasteiger partial charge in [0.05, 0.1) is 18.0 Å². The van der Waals surface area contributed by atoms with Crippen molar-refractivity contribution in [3.05, 3.63) is 24.3 Å². The second-order valence-electron chi connectivity index (χ2n) is 4.58. The van der Waals surface area contributed by atoms with Crippen molar-refractivity contribution in [1.82, 2.24) is 5.43 Å². The Morgan fingerprint density at radius 2 is 2.11 bits per heavy atom. The Morgan fingerprint density at radius 3 is 2.74 bits per heavy atom. The smallest absolute Gasteiger partial charge is 0.258 e. The number of nitrogens with two attached hydrogens (primary N) is 1. The molecule has 0 fully saturated rings. The molecule has 3 N–H and O–H groups in total. The number of para-hydroxylation sites is 2. The number of nitrogens with zero attached hydrogens (tertiary/aromatic N) is 2. The highest BCUT2D eigenvalue weighted by molar-refractivity contribution is 5.87. The molecular weight excluding hydrogens is 244 g/mol. The normalized spacial score (nSPS) is 15.9. The first-order valence-electron chi connectivity index (χ1n) is 6.25. The molecule has 1 amide bonds. The highest BCUT2D eigenvalue weighted by atomic mass is 16.5. The minimum atomic E-state index is -0.412. The highest BCUT2D eigenvalue weighted by Crippen LogP contribution is 2.33. The Morgan fingerprint density at radius 1 is 1.42 bits per heavy atom. The van der Waals surface area contributed by atoms with Gasteiger partial charge in [-0.15, -0.1) is 0 Å². The Bertz CT molecular complexity index is 452. The lowest BCUT2D eigenvalue weighted by atomic mass is 10.1. The number of rotatable bonds is 4. The first-order chi connectivity index (χ1) is 9.19. The molecule has 1 aliphatic heterocycles. The predicted octanol–water partition coefficient (Wildman–Crippen LogP) is -0.0523. The summed E-state index contributed by atoms with van der Waals surface area (Å²) in [5, 5.41) is 0. The first kappa shape index (κ1) is 13.6. The third kappa shape index (κ3) is 2.64. The lowest BCUT2D eigenvalue weighted by Gasteiger charge is -2.40. The number of likely N-dealkylation sites (N-methyl/N-ethyl adjacent to an activating group) is 1. The molecule has 0 spiro atoms. The van der Waals surface area contributed by atoms with Crippen LogP contribution in [0.15, 0.2) is 24.3 Å². The number of amides is 1. The lowest BCUT2D eigenvalue weighted by molar-refractivity contribution is -0.123. The molecule has 1 aromatic rings. The fourth-order valence-electron chi connectivity index (χ4n) is 2.41. The van der Waals surface area contributed by atoms with E-state index in [0.717, 1.165) is 24.5 Å². The molecule has 1 aromatic carbocycles. The Balaban J connectivity index is 2.34. The maximum Gasteiger partial charge on any atom is 0.258 e. The van der Waals surface area contributed by atoms with E-state index in [2.05, 4.69) is 10.3 Å². The summed E-state index contributed by atoms with van der Waals surface area (Å²) < 4.78 is 5.15. The molecule has 19 heavy (non-hydrogen) atoms. The van der Waals surface area contributed by atoms with Crippen LogP contribution in [0.25, 0.3) is 0 Å². The molecule has 1 atom stereocenters. The molecule has 2 rings (SSSR count). The number of fused-ring (bicyclic) bond motifs is 1. The zero-order chi connectivity index (χ0) is 13.8. The van der Waals surface area contributed by atoms with Crippen molar-refractivity contribution in [2.24, 2.45) is 5.84 Å². The largest absolute Gasteiger partial charge is 0.382 e. The quantitative estimate of drug-likeness (QED) is 0.453. The maximum absolute atomic E-state index is 11.9. The van der Waals surface area contributed by atoms with Gasteiger partial charge < -0.3 is 14.5 Å². The standard InChI is InChI=1S/C13H20N4O2/c1-16-7-8-17(11-6-4-3-5-10(11)16)12(9-19-2)13(18)15-14/h3-6,12H,7-9,14H2,1-2H3,(H,15,18). The van der Waals surface area contributed by atoms with E-state index in [1.54, 1.807) is 7.11 Å². The predicted molar refractivity (Wildman–Crippen MR) is 75.1 cm³/mol. The van der Waals surface area contributed by atoms with Crippen molar-refractivity contribution in [2.45, 2.75) is 6.04 Å². The van der Waals surface area contributed by atoms with Gasteiger partial charge in [0.25, 0.3) is 5.91 Å². The van der Waals surface area contributed by atoms with Crippen LogP contribution in [0.5, 0.6) is 0 Å². The summed E-state index contributed by atoms with van der Waals surface area (Å²) in [6, 6.07) is 7.61. The van der Waals surface area contributed by atoms with Crippen molar-refractivity contribution in [2.75, 3.05) is 43.7 Å². The number of methoxy groups -OCH3 is 1. The summed E-state index contributed by atoms with van der Waals surface area (Å²) in [5.74, 6) is 5.03. The summed E-state index contributed by atoms with van der Waals surface area (Å²) in [5.41, 5.74) is 4.36. The van der Waals surface area contributed by atoms with Crippen molar-refractivity contribution in [3.8, 4) is 0 Å². The number of hydrogen-bond donors (Lipinski definition) is 2. The van der Waals surface area contributed by atoms with Crippen LogP contribution < -0.4 is 21.1 Å². The monoisotopic (exact) mass is 264 g/mol. The number of hydrogen-bond acceptors (Lipinski definition) is 5. The molecule has 0 radical (unpaired) electrons. The van der Waals surface area contributed by atoms with Crippen LogP contribution >= 0.6 is 0 Å². The van der Waals surface area contributed by atoms with E-state index >= 15 is 0 Å². The molecule has 1 heterocycles. The fraction of sp³-hybridized carbons (Fsp3) is 0.462. The van der Waals surface area contributed by atoms with Crippen LogP contribution in [0.3, 0.4) is 0 Å². The van der Waals surface area contributed by atoms with Gasteiger partial charge in [-0.2, -0.15) is 0 Å².